The second-order valence-corrected chi connectivity index (χ2v) is 7.74. The number of carboxylic acid groups (broad SMARTS) is 1. The summed E-state index contributed by atoms with van der Waals surface area (Å²) in [5.41, 5.74) is 0. The van der Waals surface area contributed by atoms with Gasteiger partial charge in [-0.15, -0.1) is 0 Å². The minimum Gasteiger partial charge on any atom is -0.481 e. The van der Waals surface area contributed by atoms with Crippen molar-refractivity contribution in [3.63, 3.8) is 0 Å². The van der Waals surface area contributed by atoms with E-state index < -0.39 is 55.2 Å². The molecule has 1 saturated heterocycles. The molecule has 1 aliphatic heterocycles. The Balaban J connectivity index is 0. The van der Waals surface area contributed by atoms with Gasteiger partial charge in [0.2, 0.25) is 5.91 Å². The molecule has 1 unspecified atom stereocenters. The van der Waals surface area contributed by atoms with E-state index >= 15 is 0 Å². The van der Waals surface area contributed by atoms with E-state index in [-0.39, 0.29) is 13.2 Å². The first kappa shape index (κ1) is 33.8. The summed E-state index contributed by atoms with van der Waals surface area (Å²) >= 11 is 0. The molecule has 1 fully saturated rings. The molecular formula is C21H43NO11. The number of aliphatic carboxylic acids is 1. The molecule has 0 aromatic carbocycles. The number of aliphatic hydroxyl groups is 7. The molecule has 0 aromatic rings. The second kappa shape index (κ2) is 21.2. The van der Waals surface area contributed by atoms with Crippen LogP contribution in [0.5, 0.6) is 0 Å². The largest absolute Gasteiger partial charge is 0.481 e. The lowest BCUT2D eigenvalue weighted by Crippen LogP contribution is -2.63. The lowest BCUT2D eigenvalue weighted by molar-refractivity contribution is -0.253. The van der Waals surface area contributed by atoms with Gasteiger partial charge in [-0.3, -0.25) is 9.59 Å². The molecule has 1 aliphatic rings. The number of carboxylic acids is 1. The number of unbranched alkanes of at least 4 members (excludes halogenated alkanes) is 6. The first-order valence-corrected chi connectivity index (χ1v) is 11.2. The SMILES string of the molecule is CC(=O)N[C@H]1C(O)O[C@H](CO)[C@@H](O)[C@@H]1O.CCCCCCCCCC(=O)O.OCC(O)CO. The molecule has 12 heteroatoms. The van der Waals surface area contributed by atoms with Crippen LogP contribution < -0.4 is 5.32 Å². The van der Waals surface area contributed by atoms with Crippen LogP contribution in [0.25, 0.3) is 0 Å². The highest BCUT2D eigenvalue weighted by Crippen LogP contribution is 2.19. The highest BCUT2D eigenvalue weighted by Gasteiger charge is 2.43. The predicted octanol–water partition coefficient (Wildman–Crippen LogP) is -1.53. The van der Waals surface area contributed by atoms with Crippen LogP contribution in [0.15, 0.2) is 0 Å². The summed E-state index contributed by atoms with van der Waals surface area (Å²) < 4.78 is 4.81. The van der Waals surface area contributed by atoms with Crippen molar-refractivity contribution >= 4 is 11.9 Å². The van der Waals surface area contributed by atoms with Crippen LogP contribution in [0.2, 0.25) is 0 Å². The Morgan fingerprint density at radius 3 is 1.82 bits per heavy atom. The number of hydrogen-bond acceptors (Lipinski definition) is 10. The molecule has 0 aromatic heterocycles. The van der Waals surface area contributed by atoms with Gasteiger partial charge in [-0.1, -0.05) is 45.4 Å². The Morgan fingerprint density at radius 2 is 1.42 bits per heavy atom. The number of rotatable bonds is 12. The van der Waals surface area contributed by atoms with E-state index in [1.165, 1.54) is 39.0 Å². The second-order valence-electron chi connectivity index (χ2n) is 7.74. The Kier molecular flexibility index (Phi) is 21.7. The van der Waals surface area contributed by atoms with Gasteiger partial charge in [0, 0.05) is 13.3 Å². The predicted molar refractivity (Wildman–Crippen MR) is 118 cm³/mol. The number of ether oxygens (including phenoxy) is 1. The van der Waals surface area contributed by atoms with E-state index in [9.17, 15) is 24.9 Å². The summed E-state index contributed by atoms with van der Waals surface area (Å²) in [5, 5.41) is 71.8. The first-order valence-electron chi connectivity index (χ1n) is 11.2. The van der Waals surface area contributed by atoms with Gasteiger partial charge in [0.15, 0.2) is 6.29 Å². The van der Waals surface area contributed by atoms with Crippen molar-refractivity contribution in [2.24, 2.45) is 0 Å². The minimum absolute atomic E-state index is 0.341. The number of amides is 1. The zero-order chi connectivity index (χ0) is 25.8. The molecule has 33 heavy (non-hydrogen) atoms. The fourth-order valence-electron chi connectivity index (χ4n) is 2.78. The topological polar surface area (TPSA) is 217 Å². The smallest absolute Gasteiger partial charge is 0.303 e. The first-order chi connectivity index (χ1) is 15.5. The Morgan fingerprint density at radius 1 is 0.909 bits per heavy atom. The van der Waals surface area contributed by atoms with Crippen LogP contribution in [-0.4, -0.2) is 109 Å². The summed E-state index contributed by atoms with van der Waals surface area (Å²) in [5.74, 6) is -1.13. The van der Waals surface area contributed by atoms with Crippen LogP contribution in [0.1, 0.15) is 65.2 Å². The van der Waals surface area contributed by atoms with Crippen molar-refractivity contribution in [1.29, 1.82) is 0 Å². The van der Waals surface area contributed by atoms with E-state index in [2.05, 4.69) is 12.2 Å². The fraction of sp³-hybridized carbons (Fsp3) is 0.905. The maximum atomic E-state index is 10.7. The molecular weight excluding hydrogens is 442 g/mol. The average molecular weight is 486 g/mol. The molecule has 0 aliphatic carbocycles. The van der Waals surface area contributed by atoms with Crippen LogP contribution in [0.3, 0.4) is 0 Å². The molecule has 0 spiro atoms. The lowest BCUT2D eigenvalue weighted by Gasteiger charge is -2.40. The number of hydrogen-bond donors (Lipinski definition) is 9. The molecule has 9 N–H and O–H groups in total. The quantitative estimate of drug-likeness (QED) is 0.144. The van der Waals surface area contributed by atoms with Gasteiger partial charge in [0.05, 0.1) is 19.8 Å². The third kappa shape index (κ3) is 17.7. The van der Waals surface area contributed by atoms with Gasteiger partial charge in [-0.25, -0.2) is 0 Å². The Bertz CT molecular complexity index is 491. The van der Waals surface area contributed by atoms with Crippen LogP contribution in [-0.2, 0) is 14.3 Å². The molecule has 1 amide bonds. The Labute approximate surface area is 194 Å². The van der Waals surface area contributed by atoms with Crippen molar-refractivity contribution in [2.45, 2.75) is 102 Å². The maximum Gasteiger partial charge on any atom is 0.303 e. The van der Waals surface area contributed by atoms with Gasteiger partial charge >= 0.3 is 5.97 Å². The number of aliphatic hydroxyl groups excluding tert-OH is 7. The molecule has 1 heterocycles. The molecule has 198 valence electrons. The summed E-state index contributed by atoms with van der Waals surface area (Å²) in [6, 6.07) is -1.10. The number of carbonyl (C=O) groups is 2. The summed E-state index contributed by atoms with van der Waals surface area (Å²) in [7, 11) is 0. The molecule has 0 bridgehead atoms. The maximum absolute atomic E-state index is 10.7. The van der Waals surface area contributed by atoms with E-state index in [1.54, 1.807) is 0 Å². The number of carbonyl (C=O) groups excluding carboxylic acids is 1. The minimum atomic E-state index is -1.45. The van der Waals surface area contributed by atoms with Gasteiger partial charge in [-0.2, -0.15) is 0 Å². The lowest BCUT2D eigenvalue weighted by atomic mass is 9.97. The van der Waals surface area contributed by atoms with E-state index in [4.69, 9.17) is 30.3 Å². The summed E-state index contributed by atoms with van der Waals surface area (Å²) in [6.45, 7) is 2.16. The van der Waals surface area contributed by atoms with Crippen molar-refractivity contribution < 1.29 is 55.2 Å². The van der Waals surface area contributed by atoms with Crippen molar-refractivity contribution in [1.82, 2.24) is 5.32 Å². The van der Waals surface area contributed by atoms with Gasteiger partial charge in [0.1, 0.15) is 30.5 Å². The third-order valence-electron chi connectivity index (χ3n) is 4.69. The number of nitrogens with one attached hydrogen (secondary N) is 1. The summed E-state index contributed by atoms with van der Waals surface area (Å²) in [4.78, 5) is 20.9. The monoisotopic (exact) mass is 485 g/mol. The molecule has 0 saturated carbocycles. The standard InChI is InChI=1S/C10H20O2.C8H15NO6.C3H8O3/c1-2-3-4-5-6-7-8-9-10(11)12;1-3(11)9-5-7(13)6(12)4(2-10)15-8(5)14;4-1-3(6)2-5/h2-9H2,1H3,(H,11,12);4-8,10,12-14H,2H2,1H3,(H,9,11);3-6H,1-2H2/t;4-,5-,6-,7-,8?;/m.1./s1. The molecule has 5 atom stereocenters. The van der Waals surface area contributed by atoms with E-state index in [0.29, 0.717) is 6.42 Å². The van der Waals surface area contributed by atoms with E-state index in [0.717, 1.165) is 12.8 Å². The Hall–Kier alpha value is -1.38. The van der Waals surface area contributed by atoms with Crippen molar-refractivity contribution in [3.05, 3.63) is 0 Å². The van der Waals surface area contributed by atoms with Crippen LogP contribution >= 0.6 is 0 Å². The highest BCUT2D eigenvalue weighted by atomic mass is 16.6. The highest BCUT2D eigenvalue weighted by molar-refractivity contribution is 5.73. The third-order valence-corrected chi connectivity index (χ3v) is 4.69. The molecule has 1 rings (SSSR count). The van der Waals surface area contributed by atoms with Crippen molar-refractivity contribution in [2.75, 3.05) is 19.8 Å². The van der Waals surface area contributed by atoms with Gasteiger partial charge < -0.3 is 50.9 Å². The average Bonchev–Trinajstić information content (AvgIpc) is 2.78. The van der Waals surface area contributed by atoms with Crippen LogP contribution in [0.4, 0.5) is 0 Å². The van der Waals surface area contributed by atoms with Gasteiger partial charge in [-0.05, 0) is 6.42 Å². The summed E-state index contributed by atoms with van der Waals surface area (Å²) in [6.07, 6.45) is 2.45. The van der Waals surface area contributed by atoms with Crippen LogP contribution in [0, 0.1) is 0 Å². The van der Waals surface area contributed by atoms with Gasteiger partial charge in [0.25, 0.3) is 0 Å². The van der Waals surface area contributed by atoms with Crippen molar-refractivity contribution in [3.8, 4) is 0 Å². The zero-order valence-electron chi connectivity index (χ0n) is 19.5. The fourth-order valence-corrected chi connectivity index (χ4v) is 2.78. The zero-order valence-corrected chi connectivity index (χ0v) is 19.5. The normalized spacial score (nSPS) is 24.2. The van der Waals surface area contributed by atoms with E-state index in [1.807, 2.05) is 0 Å². The molecule has 12 nitrogen and oxygen atoms in total. The molecule has 0 radical (unpaired) electrons.